The molecule has 3 N–H and O–H groups in total. The first-order chi connectivity index (χ1) is 5.80. The van der Waals surface area contributed by atoms with Crippen molar-refractivity contribution in [2.45, 2.75) is 13.8 Å². The Hall–Kier alpha value is -1.04. The first kappa shape index (κ1) is 12.0. The van der Waals surface area contributed by atoms with Crippen LogP contribution in [0.2, 0.25) is 0 Å². The van der Waals surface area contributed by atoms with Gasteiger partial charge in [-0.05, 0) is 6.92 Å². The second-order valence-corrected chi connectivity index (χ2v) is 3.93. The maximum absolute atomic E-state index is 10.8. The number of thioether (sulfide) groups is 1. The van der Waals surface area contributed by atoms with Crippen LogP contribution in [0.1, 0.15) is 13.8 Å². The first-order valence-electron chi connectivity index (χ1n) is 3.47. The van der Waals surface area contributed by atoms with Crippen LogP contribution in [0.25, 0.3) is 0 Å². The van der Waals surface area contributed by atoms with Crippen LogP contribution in [0.15, 0.2) is 0 Å². The minimum atomic E-state index is -1.67. The number of carbonyl (C=O) groups is 3. The van der Waals surface area contributed by atoms with Crippen LogP contribution in [0, 0.1) is 5.41 Å². The highest BCUT2D eigenvalue weighted by atomic mass is 32.2. The molecule has 0 aromatic heterocycles. The molecule has 0 spiro atoms. The van der Waals surface area contributed by atoms with Crippen LogP contribution in [-0.4, -0.2) is 27.9 Å². The third-order valence-corrected chi connectivity index (χ3v) is 2.71. The zero-order chi connectivity index (χ0) is 10.6. The first-order valence-corrected chi connectivity index (χ1v) is 4.46. The van der Waals surface area contributed by atoms with Crippen LogP contribution in [-0.2, 0) is 14.4 Å². The van der Waals surface area contributed by atoms with E-state index in [0.717, 1.165) is 11.8 Å². The van der Waals surface area contributed by atoms with Crippen LogP contribution in [0.3, 0.4) is 0 Å². The Balaban J connectivity index is 4.52. The van der Waals surface area contributed by atoms with Gasteiger partial charge in [0.25, 0.3) is 0 Å². The molecule has 6 heteroatoms. The van der Waals surface area contributed by atoms with E-state index >= 15 is 0 Å². The molecule has 0 aromatic carbocycles. The average molecular weight is 205 g/mol. The standard InChI is InChI=1S/C7H11NO4S/c1-4(9)13-3-7(2,5(8)10)6(11)12/h3H2,1-2H3,(H2,8,10)(H,11,12). The molecule has 0 saturated carbocycles. The number of amides is 1. The lowest BCUT2D eigenvalue weighted by molar-refractivity contribution is -0.151. The zero-order valence-corrected chi connectivity index (χ0v) is 8.18. The lowest BCUT2D eigenvalue weighted by Gasteiger charge is -2.18. The normalized spacial score (nSPS) is 14.6. The highest BCUT2D eigenvalue weighted by Crippen LogP contribution is 2.22. The molecule has 1 unspecified atom stereocenters. The highest BCUT2D eigenvalue weighted by molar-refractivity contribution is 8.13. The van der Waals surface area contributed by atoms with Gasteiger partial charge in [-0.3, -0.25) is 14.4 Å². The Morgan fingerprint density at radius 2 is 1.92 bits per heavy atom. The molecule has 0 aliphatic rings. The zero-order valence-electron chi connectivity index (χ0n) is 7.36. The maximum Gasteiger partial charge on any atom is 0.319 e. The van der Waals surface area contributed by atoms with Gasteiger partial charge in [-0.15, -0.1) is 0 Å². The third kappa shape index (κ3) is 3.06. The molecule has 0 rings (SSSR count). The van der Waals surface area contributed by atoms with Crippen LogP contribution in [0.4, 0.5) is 0 Å². The quantitative estimate of drug-likeness (QED) is 0.621. The Morgan fingerprint density at radius 3 is 2.15 bits per heavy atom. The number of rotatable bonds is 4. The summed E-state index contributed by atoms with van der Waals surface area (Å²) in [7, 11) is 0. The van der Waals surface area contributed by atoms with Crippen molar-refractivity contribution in [3.63, 3.8) is 0 Å². The Labute approximate surface area is 79.7 Å². The summed E-state index contributed by atoms with van der Waals surface area (Å²) in [5.41, 5.74) is 3.24. The van der Waals surface area contributed by atoms with Crippen molar-refractivity contribution in [2.75, 3.05) is 5.75 Å². The molecule has 74 valence electrons. The van der Waals surface area contributed by atoms with E-state index < -0.39 is 17.3 Å². The van der Waals surface area contributed by atoms with Crippen LogP contribution in [0.5, 0.6) is 0 Å². The molecule has 0 heterocycles. The number of primary amides is 1. The van der Waals surface area contributed by atoms with Crippen LogP contribution >= 0.6 is 11.8 Å². The van der Waals surface area contributed by atoms with Crippen molar-refractivity contribution < 1.29 is 19.5 Å². The summed E-state index contributed by atoms with van der Waals surface area (Å²) < 4.78 is 0. The van der Waals surface area contributed by atoms with Crippen molar-refractivity contribution >= 4 is 28.8 Å². The minimum Gasteiger partial charge on any atom is -0.480 e. The summed E-state index contributed by atoms with van der Waals surface area (Å²) in [4.78, 5) is 32.0. The van der Waals surface area contributed by atoms with Gasteiger partial charge in [0.2, 0.25) is 5.91 Å². The molecular formula is C7H11NO4S. The summed E-state index contributed by atoms with van der Waals surface area (Å²) in [5.74, 6) is -2.38. The van der Waals surface area contributed by atoms with E-state index in [9.17, 15) is 14.4 Å². The summed E-state index contributed by atoms with van der Waals surface area (Å²) in [6.07, 6.45) is 0. The van der Waals surface area contributed by atoms with Crippen molar-refractivity contribution in [2.24, 2.45) is 11.1 Å². The lowest BCUT2D eigenvalue weighted by atomic mass is 9.93. The second kappa shape index (κ2) is 4.27. The van der Waals surface area contributed by atoms with Crippen molar-refractivity contribution in [1.29, 1.82) is 0 Å². The van der Waals surface area contributed by atoms with Crippen LogP contribution < -0.4 is 5.73 Å². The molecule has 0 aromatic rings. The molecule has 13 heavy (non-hydrogen) atoms. The molecular weight excluding hydrogens is 194 g/mol. The molecule has 1 amide bonds. The number of nitrogens with two attached hydrogens (primary N) is 1. The second-order valence-electron chi connectivity index (χ2n) is 2.78. The van der Waals surface area contributed by atoms with E-state index in [2.05, 4.69) is 0 Å². The van der Waals surface area contributed by atoms with Gasteiger partial charge < -0.3 is 10.8 Å². The third-order valence-electron chi connectivity index (χ3n) is 1.58. The van der Waals surface area contributed by atoms with Crippen molar-refractivity contribution in [3.05, 3.63) is 0 Å². The van der Waals surface area contributed by atoms with E-state index in [1.807, 2.05) is 0 Å². The summed E-state index contributed by atoms with van der Waals surface area (Å²) in [6.45, 7) is 2.50. The SMILES string of the molecule is CC(=O)SCC(C)(C(N)=O)C(=O)O. The number of carboxylic acid groups (broad SMARTS) is 1. The molecule has 0 saturated heterocycles. The monoisotopic (exact) mass is 205 g/mol. The predicted octanol–water partition coefficient (Wildman–Crippen LogP) is -0.158. The van der Waals surface area contributed by atoms with E-state index in [1.54, 1.807) is 0 Å². The maximum atomic E-state index is 10.8. The van der Waals surface area contributed by atoms with Gasteiger partial charge in [0.1, 0.15) is 0 Å². The van der Waals surface area contributed by atoms with Gasteiger partial charge in [0.05, 0.1) is 0 Å². The number of hydrogen-bond donors (Lipinski definition) is 2. The van der Waals surface area contributed by atoms with Gasteiger partial charge >= 0.3 is 5.97 Å². The van der Waals surface area contributed by atoms with Gasteiger partial charge in [-0.25, -0.2) is 0 Å². The summed E-state index contributed by atoms with van der Waals surface area (Å²) in [5, 5.41) is 8.45. The summed E-state index contributed by atoms with van der Waals surface area (Å²) in [6, 6.07) is 0. The topological polar surface area (TPSA) is 97.5 Å². The molecule has 0 bridgehead atoms. The Morgan fingerprint density at radius 1 is 1.46 bits per heavy atom. The molecule has 0 fully saturated rings. The average Bonchev–Trinajstić information content (AvgIpc) is 1.99. The van der Waals surface area contributed by atoms with E-state index in [1.165, 1.54) is 13.8 Å². The number of carboxylic acids is 1. The van der Waals surface area contributed by atoms with Crippen molar-refractivity contribution in [3.8, 4) is 0 Å². The van der Waals surface area contributed by atoms with E-state index in [4.69, 9.17) is 10.8 Å². The molecule has 0 radical (unpaired) electrons. The fourth-order valence-corrected chi connectivity index (χ4v) is 1.24. The van der Waals surface area contributed by atoms with Gasteiger partial charge in [0.15, 0.2) is 10.5 Å². The minimum absolute atomic E-state index is 0.132. The van der Waals surface area contributed by atoms with Gasteiger partial charge in [-0.1, -0.05) is 11.8 Å². The number of hydrogen-bond acceptors (Lipinski definition) is 4. The Bertz CT molecular complexity index is 237. The fraction of sp³-hybridized carbons (Fsp3) is 0.571. The smallest absolute Gasteiger partial charge is 0.319 e. The van der Waals surface area contributed by atoms with Crippen molar-refractivity contribution in [1.82, 2.24) is 0 Å². The fourth-order valence-electron chi connectivity index (χ4n) is 0.484. The molecule has 0 aliphatic carbocycles. The summed E-state index contributed by atoms with van der Waals surface area (Å²) >= 11 is 0.774. The van der Waals surface area contributed by atoms with Gasteiger partial charge in [-0.2, -0.15) is 0 Å². The Kier molecular flexibility index (Phi) is 3.93. The molecule has 1 atom stereocenters. The predicted molar refractivity (Wildman–Crippen MR) is 48.1 cm³/mol. The molecule has 0 aliphatic heterocycles. The lowest BCUT2D eigenvalue weighted by Crippen LogP contribution is -2.43. The number of aliphatic carboxylic acids is 1. The largest absolute Gasteiger partial charge is 0.480 e. The molecule has 5 nitrogen and oxygen atoms in total. The van der Waals surface area contributed by atoms with Gasteiger partial charge in [0, 0.05) is 12.7 Å². The van der Waals surface area contributed by atoms with E-state index in [-0.39, 0.29) is 10.9 Å². The number of carbonyl (C=O) groups excluding carboxylic acids is 2. The highest BCUT2D eigenvalue weighted by Gasteiger charge is 2.39. The van der Waals surface area contributed by atoms with E-state index in [0.29, 0.717) is 0 Å².